The lowest BCUT2D eigenvalue weighted by Gasteiger charge is -2.12. The van der Waals surface area contributed by atoms with Gasteiger partial charge in [-0.2, -0.15) is 0 Å². The average Bonchev–Trinajstić information content (AvgIpc) is 2.72. The van der Waals surface area contributed by atoms with Crippen molar-refractivity contribution in [2.75, 3.05) is 39.4 Å². The first-order valence-electron chi connectivity index (χ1n) is 8.59. The summed E-state index contributed by atoms with van der Waals surface area (Å²) in [6, 6.07) is 11.8. The first kappa shape index (κ1) is 20.9. The molecule has 8 nitrogen and oxygen atoms in total. The van der Waals surface area contributed by atoms with Crippen molar-refractivity contribution in [2.45, 2.75) is 6.92 Å². The molecule has 1 N–H and O–H groups in total. The molecule has 0 radical (unpaired) electrons. The van der Waals surface area contributed by atoms with Gasteiger partial charge in [0, 0.05) is 6.07 Å². The number of hydrogen-bond acceptors (Lipinski definition) is 7. The summed E-state index contributed by atoms with van der Waals surface area (Å²) < 4.78 is 25.8. The monoisotopic (exact) mass is 389 g/mol. The summed E-state index contributed by atoms with van der Waals surface area (Å²) in [4.78, 5) is 23.7. The van der Waals surface area contributed by atoms with Crippen LogP contribution in [0.5, 0.6) is 23.0 Å². The summed E-state index contributed by atoms with van der Waals surface area (Å²) in [5, 5.41) is 2.61. The third-order valence-corrected chi connectivity index (χ3v) is 3.54. The molecule has 0 aliphatic rings. The van der Waals surface area contributed by atoms with Gasteiger partial charge in [-0.05, 0) is 43.3 Å². The van der Waals surface area contributed by atoms with Crippen molar-refractivity contribution in [3.63, 3.8) is 0 Å². The topological polar surface area (TPSA) is 92.3 Å². The van der Waals surface area contributed by atoms with E-state index in [4.69, 9.17) is 23.7 Å². The van der Waals surface area contributed by atoms with Crippen molar-refractivity contribution in [1.82, 2.24) is 0 Å². The minimum Gasteiger partial charge on any atom is -0.497 e. The van der Waals surface area contributed by atoms with E-state index in [0.29, 0.717) is 35.3 Å². The van der Waals surface area contributed by atoms with Crippen molar-refractivity contribution in [3.8, 4) is 23.0 Å². The highest BCUT2D eigenvalue weighted by Crippen LogP contribution is 2.28. The Balaban J connectivity index is 1.77. The molecule has 2 rings (SSSR count). The fraction of sp³-hybridized carbons (Fsp3) is 0.300. The summed E-state index contributed by atoms with van der Waals surface area (Å²) in [5.74, 6) is 1.06. The van der Waals surface area contributed by atoms with Crippen molar-refractivity contribution >= 4 is 17.6 Å². The van der Waals surface area contributed by atoms with Gasteiger partial charge in [0.05, 0.1) is 26.5 Å². The van der Waals surface area contributed by atoms with Crippen molar-refractivity contribution < 1.29 is 33.3 Å². The normalized spacial score (nSPS) is 9.96. The van der Waals surface area contributed by atoms with Crippen LogP contribution in [-0.4, -0.2) is 45.9 Å². The fourth-order valence-electron chi connectivity index (χ4n) is 2.22. The molecule has 0 saturated carbocycles. The highest BCUT2D eigenvalue weighted by molar-refractivity contribution is 5.94. The smallest absolute Gasteiger partial charge is 0.344 e. The summed E-state index contributed by atoms with van der Waals surface area (Å²) in [6.45, 7) is 1.70. The second-order valence-corrected chi connectivity index (χ2v) is 5.47. The molecule has 0 spiro atoms. The number of benzene rings is 2. The van der Waals surface area contributed by atoms with E-state index in [9.17, 15) is 9.59 Å². The summed E-state index contributed by atoms with van der Waals surface area (Å²) >= 11 is 0. The van der Waals surface area contributed by atoms with Gasteiger partial charge in [-0.3, -0.25) is 4.79 Å². The molecule has 0 aliphatic heterocycles. The van der Waals surface area contributed by atoms with Gasteiger partial charge in [-0.1, -0.05) is 0 Å². The highest BCUT2D eigenvalue weighted by Gasteiger charge is 2.12. The second-order valence-electron chi connectivity index (χ2n) is 5.47. The minimum atomic E-state index is -0.661. The lowest BCUT2D eigenvalue weighted by Crippen LogP contribution is -2.23. The molecule has 0 saturated heterocycles. The highest BCUT2D eigenvalue weighted by atomic mass is 16.6. The number of rotatable bonds is 10. The Hall–Kier alpha value is -3.42. The maximum atomic E-state index is 12.0. The number of amides is 1. The number of methoxy groups -OCH3 is 2. The number of anilines is 1. The zero-order valence-electron chi connectivity index (χ0n) is 16.0. The predicted octanol–water partition coefficient (Wildman–Crippen LogP) is 2.66. The number of esters is 1. The van der Waals surface area contributed by atoms with Crippen LogP contribution in [0, 0.1) is 0 Å². The molecule has 28 heavy (non-hydrogen) atoms. The Morgan fingerprint density at radius 1 is 0.857 bits per heavy atom. The predicted molar refractivity (Wildman–Crippen MR) is 102 cm³/mol. The molecule has 1 amide bonds. The number of carbonyl (C=O) groups is 2. The third-order valence-electron chi connectivity index (χ3n) is 3.54. The van der Waals surface area contributed by atoms with Crippen LogP contribution in [0.3, 0.4) is 0 Å². The van der Waals surface area contributed by atoms with Crippen molar-refractivity contribution in [1.29, 1.82) is 0 Å². The van der Waals surface area contributed by atoms with Crippen molar-refractivity contribution in [2.24, 2.45) is 0 Å². The number of hydrogen-bond donors (Lipinski definition) is 1. The van der Waals surface area contributed by atoms with Gasteiger partial charge in [0.2, 0.25) is 0 Å². The number of carbonyl (C=O) groups excluding carboxylic acids is 2. The Morgan fingerprint density at radius 2 is 1.50 bits per heavy atom. The Bertz CT molecular complexity index is 790. The van der Waals surface area contributed by atoms with E-state index in [1.165, 1.54) is 14.2 Å². The molecule has 0 fully saturated rings. The van der Waals surface area contributed by atoms with Crippen LogP contribution in [0.15, 0.2) is 42.5 Å². The first-order valence-corrected chi connectivity index (χ1v) is 8.59. The van der Waals surface area contributed by atoms with E-state index in [1.54, 1.807) is 42.5 Å². The summed E-state index contributed by atoms with van der Waals surface area (Å²) in [7, 11) is 3.00. The van der Waals surface area contributed by atoms with E-state index in [-0.39, 0.29) is 6.61 Å². The molecule has 0 atom stereocenters. The van der Waals surface area contributed by atoms with Gasteiger partial charge in [0.1, 0.15) is 23.0 Å². The molecule has 0 heterocycles. The van der Waals surface area contributed by atoms with Gasteiger partial charge < -0.3 is 29.0 Å². The van der Waals surface area contributed by atoms with E-state index < -0.39 is 18.5 Å². The maximum Gasteiger partial charge on any atom is 0.344 e. The van der Waals surface area contributed by atoms with Gasteiger partial charge in [-0.25, -0.2) is 4.79 Å². The van der Waals surface area contributed by atoms with Gasteiger partial charge in [-0.15, -0.1) is 0 Å². The quantitative estimate of drug-likeness (QED) is 0.625. The van der Waals surface area contributed by atoms with E-state index in [2.05, 4.69) is 5.32 Å². The molecular weight excluding hydrogens is 366 g/mol. The first-order chi connectivity index (χ1) is 13.5. The van der Waals surface area contributed by atoms with E-state index >= 15 is 0 Å². The maximum absolute atomic E-state index is 12.0. The third kappa shape index (κ3) is 6.39. The van der Waals surface area contributed by atoms with Crippen LogP contribution in [0.1, 0.15) is 6.92 Å². The second kappa shape index (κ2) is 10.7. The van der Waals surface area contributed by atoms with Crippen LogP contribution in [0.4, 0.5) is 5.69 Å². The van der Waals surface area contributed by atoms with Crippen LogP contribution >= 0.6 is 0 Å². The Labute approximate surface area is 163 Å². The lowest BCUT2D eigenvalue weighted by molar-refractivity contribution is -0.149. The summed E-state index contributed by atoms with van der Waals surface area (Å²) in [5.41, 5.74) is 0.440. The van der Waals surface area contributed by atoms with Crippen LogP contribution in [0.2, 0.25) is 0 Å². The van der Waals surface area contributed by atoms with Crippen LogP contribution < -0.4 is 24.3 Å². The van der Waals surface area contributed by atoms with Gasteiger partial charge >= 0.3 is 5.97 Å². The molecule has 8 heteroatoms. The Morgan fingerprint density at radius 3 is 2.11 bits per heavy atom. The Kier molecular flexibility index (Phi) is 7.95. The van der Waals surface area contributed by atoms with Crippen LogP contribution in [0.25, 0.3) is 0 Å². The average molecular weight is 389 g/mol. The van der Waals surface area contributed by atoms with Crippen LogP contribution in [-0.2, 0) is 14.3 Å². The van der Waals surface area contributed by atoms with E-state index in [1.807, 2.05) is 6.92 Å². The molecule has 0 aromatic heterocycles. The fourth-order valence-corrected chi connectivity index (χ4v) is 2.22. The zero-order chi connectivity index (χ0) is 20.4. The lowest BCUT2D eigenvalue weighted by atomic mass is 10.2. The largest absolute Gasteiger partial charge is 0.497 e. The minimum absolute atomic E-state index is 0.312. The molecular formula is C20H23NO7. The number of nitrogens with one attached hydrogen (secondary N) is 1. The molecule has 150 valence electrons. The molecule has 0 unspecified atom stereocenters. The van der Waals surface area contributed by atoms with Gasteiger partial charge in [0.25, 0.3) is 5.91 Å². The summed E-state index contributed by atoms with van der Waals surface area (Å²) in [6.07, 6.45) is 0. The van der Waals surface area contributed by atoms with Crippen molar-refractivity contribution in [3.05, 3.63) is 42.5 Å². The standard InChI is InChI=1S/C20H23NO7/c1-4-26-14-5-7-15(8-6-14)27-13-20(23)28-12-19(22)21-17-10-9-16(24-2)11-18(17)25-3/h5-11H,4,12-13H2,1-3H3,(H,21,22). The zero-order valence-corrected chi connectivity index (χ0v) is 16.0. The molecule has 2 aromatic carbocycles. The molecule has 2 aromatic rings. The SMILES string of the molecule is CCOc1ccc(OCC(=O)OCC(=O)Nc2ccc(OC)cc2OC)cc1. The van der Waals surface area contributed by atoms with E-state index in [0.717, 1.165) is 0 Å². The number of ether oxygens (including phenoxy) is 5. The molecule has 0 bridgehead atoms. The van der Waals surface area contributed by atoms with Gasteiger partial charge in [0.15, 0.2) is 13.2 Å². The molecule has 0 aliphatic carbocycles.